The van der Waals surface area contributed by atoms with Gasteiger partial charge in [-0.1, -0.05) is 19.1 Å². The molecule has 0 saturated carbocycles. The van der Waals surface area contributed by atoms with Gasteiger partial charge in [-0.2, -0.15) is 9.97 Å². The molecule has 0 radical (unpaired) electrons. The summed E-state index contributed by atoms with van der Waals surface area (Å²) in [5.41, 5.74) is 6.87. The average Bonchev–Trinajstić information content (AvgIpc) is 2.38. The lowest BCUT2D eigenvalue weighted by Crippen LogP contribution is -2.04. The monoisotopic (exact) mass is 258 g/mol. The first-order valence-electron chi connectivity index (χ1n) is 6.36. The van der Waals surface area contributed by atoms with Crippen LogP contribution in [0.4, 0.5) is 11.8 Å². The third kappa shape index (κ3) is 3.58. The van der Waals surface area contributed by atoms with Gasteiger partial charge in [0.1, 0.15) is 11.6 Å². The number of hydrogen-bond acceptors (Lipinski definition) is 5. The zero-order valence-electron chi connectivity index (χ0n) is 11.2. The number of hydrogen-bond donors (Lipinski definition) is 2. The van der Waals surface area contributed by atoms with E-state index in [-0.39, 0.29) is 5.95 Å². The van der Waals surface area contributed by atoms with Crippen LogP contribution in [0.5, 0.6) is 11.6 Å². The fourth-order valence-corrected chi connectivity index (χ4v) is 1.72. The molecule has 5 nitrogen and oxygen atoms in total. The Balaban J connectivity index is 2.22. The molecule has 0 bridgehead atoms. The summed E-state index contributed by atoms with van der Waals surface area (Å²) in [6, 6.07) is 9.64. The average molecular weight is 258 g/mol. The number of aromatic nitrogens is 2. The number of anilines is 2. The van der Waals surface area contributed by atoms with E-state index in [2.05, 4.69) is 28.3 Å². The van der Waals surface area contributed by atoms with Crippen LogP contribution in [0.15, 0.2) is 30.3 Å². The van der Waals surface area contributed by atoms with Gasteiger partial charge in [-0.3, -0.25) is 0 Å². The Morgan fingerprint density at radius 1 is 1.21 bits per heavy atom. The molecule has 100 valence electrons. The second kappa shape index (κ2) is 6.04. The zero-order valence-corrected chi connectivity index (χ0v) is 11.2. The molecule has 0 aliphatic heterocycles. The van der Waals surface area contributed by atoms with Crippen molar-refractivity contribution in [2.45, 2.75) is 20.3 Å². The summed E-state index contributed by atoms with van der Waals surface area (Å²) in [4.78, 5) is 8.15. The highest BCUT2D eigenvalue weighted by Gasteiger charge is 2.04. The Morgan fingerprint density at radius 2 is 2.05 bits per heavy atom. The van der Waals surface area contributed by atoms with E-state index in [1.54, 1.807) is 6.07 Å². The van der Waals surface area contributed by atoms with E-state index in [0.29, 0.717) is 11.7 Å². The molecule has 1 aromatic carbocycles. The van der Waals surface area contributed by atoms with Gasteiger partial charge in [0.25, 0.3) is 0 Å². The molecular formula is C14H18N4O. The van der Waals surface area contributed by atoms with Crippen LogP contribution >= 0.6 is 0 Å². The van der Waals surface area contributed by atoms with Crippen LogP contribution in [0, 0.1) is 0 Å². The minimum atomic E-state index is 0.195. The van der Waals surface area contributed by atoms with Crippen molar-refractivity contribution in [2.24, 2.45) is 0 Å². The quantitative estimate of drug-likeness (QED) is 0.862. The highest BCUT2D eigenvalue weighted by Crippen LogP contribution is 2.23. The third-order valence-corrected chi connectivity index (χ3v) is 2.61. The Labute approximate surface area is 112 Å². The van der Waals surface area contributed by atoms with Crippen LogP contribution in [0.2, 0.25) is 0 Å². The van der Waals surface area contributed by atoms with Crippen molar-refractivity contribution in [3.8, 4) is 11.6 Å². The summed E-state index contributed by atoms with van der Waals surface area (Å²) in [7, 11) is 0. The maximum atomic E-state index is 5.72. The number of nitrogens with one attached hydrogen (secondary N) is 1. The summed E-state index contributed by atoms with van der Waals surface area (Å²) in [6.07, 6.45) is 0.964. The fourth-order valence-electron chi connectivity index (χ4n) is 1.72. The van der Waals surface area contributed by atoms with Crippen molar-refractivity contribution in [3.63, 3.8) is 0 Å². The second-order valence-electron chi connectivity index (χ2n) is 4.08. The van der Waals surface area contributed by atoms with Crippen molar-refractivity contribution in [2.75, 3.05) is 17.6 Å². The Bertz CT molecular complexity index is 557. The topological polar surface area (TPSA) is 73.1 Å². The van der Waals surface area contributed by atoms with Crippen molar-refractivity contribution in [3.05, 3.63) is 35.9 Å². The van der Waals surface area contributed by atoms with Crippen molar-refractivity contribution in [1.82, 2.24) is 9.97 Å². The molecule has 3 N–H and O–H groups in total. The molecule has 0 amide bonds. The van der Waals surface area contributed by atoms with Crippen LogP contribution in [0.3, 0.4) is 0 Å². The molecular weight excluding hydrogens is 240 g/mol. The molecule has 2 rings (SSSR count). The predicted molar refractivity (Wildman–Crippen MR) is 76.5 cm³/mol. The molecule has 5 heteroatoms. The highest BCUT2D eigenvalue weighted by molar-refractivity contribution is 5.44. The van der Waals surface area contributed by atoms with E-state index in [0.717, 1.165) is 18.7 Å². The molecule has 1 aromatic heterocycles. The summed E-state index contributed by atoms with van der Waals surface area (Å²) in [5.74, 6) is 2.05. The molecule has 2 aromatic rings. The predicted octanol–water partition coefficient (Wildman–Crippen LogP) is 2.85. The van der Waals surface area contributed by atoms with Gasteiger partial charge < -0.3 is 15.8 Å². The standard InChI is InChI=1S/C14H18N4O/c1-3-10-6-5-7-11(8-10)19-13-9-12(16-4-2)17-14(15)18-13/h5-9H,3-4H2,1-2H3,(H3,15,16,17,18). The molecule has 0 atom stereocenters. The molecule has 0 saturated heterocycles. The first-order chi connectivity index (χ1) is 9.21. The lowest BCUT2D eigenvalue weighted by atomic mass is 10.2. The molecule has 0 unspecified atom stereocenters. The lowest BCUT2D eigenvalue weighted by Gasteiger charge is -2.08. The zero-order chi connectivity index (χ0) is 13.7. The molecule has 0 aliphatic carbocycles. The number of nitrogens with two attached hydrogens (primary N) is 1. The SMILES string of the molecule is CCNc1cc(Oc2cccc(CC)c2)nc(N)n1. The van der Waals surface area contributed by atoms with Crippen molar-refractivity contribution < 1.29 is 4.74 Å². The summed E-state index contributed by atoms with van der Waals surface area (Å²) in [5, 5.41) is 3.09. The van der Waals surface area contributed by atoms with Gasteiger partial charge in [-0.15, -0.1) is 0 Å². The minimum Gasteiger partial charge on any atom is -0.439 e. The molecule has 0 spiro atoms. The normalized spacial score (nSPS) is 10.2. The molecule has 0 fully saturated rings. The number of benzene rings is 1. The maximum absolute atomic E-state index is 5.72. The maximum Gasteiger partial charge on any atom is 0.226 e. The highest BCUT2D eigenvalue weighted by atomic mass is 16.5. The van der Waals surface area contributed by atoms with Gasteiger partial charge in [-0.05, 0) is 31.0 Å². The number of aryl methyl sites for hydroxylation is 1. The van der Waals surface area contributed by atoms with E-state index in [9.17, 15) is 0 Å². The van der Waals surface area contributed by atoms with E-state index in [1.165, 1.54) is 5.56 Å². The smallest absolute Gasteiger partial charge is 0.226 e. The van der Waals surface area contributed by atoms with Gasteiger partial charge in [0, 0.05) is 12.6 Å². The van der Waals surface area contributed by atoms with Gasteiger partial charge in [0.05, 0.1) is 0 Å². The van der Waals surface area contributed by atoms with E-state index in [1.807, 2.05) is 25.1 Å². The number of nitrogen functional groups attached to an aromatic ring is 1. The number of ether oxygens (including phenoxy) is 1. The van der Waals surface area contributed by atoms with Crippen LogP contribution < -0.4 is 15.8 Å². The van der Waals surface area contributed by atoms with Crippen LogP contribution in [0.1, 0.15) is 19.4 Å². The van der Waals surface area contributed by atoms with Gasteiger partial charge in [0.15, 0.2) is 0 Å². The number of rotatable bonds is 5. The molecule has 0 aliphatic rings. The largest absolute Gasteiger partial charge is 0.439 e. The van der Waals surface area contributed by atoms with E-state index in [4.69, 9.17) is 10.5 Å². The van der Waals surface area contributed by atoms with Crippen LogP contribution in [0.25, 0.3) is 0 Å². The molecule has 1 heterocycles. The Kier molecular flexibility index (Phi) is 4.18. The van der Waals surface area contributed by atoms with Crippen molar-refractivity contribution in [1.29, 1.82) is 0 Å². The summed E-state index contributed by atoms with van der Waals surface area (Å²) in [6.45, 7) is 4.86. The van der Waals surface area contributed by atoms with Crippen LogP contribution in [-0.4, -0.2) is 16.5 Å². The summed E-state index contributed by atoms with van der Waals surface area (Å²) >= 11 is 0. The molecule has 19 heavy (non-hydrogen) atoms. The van der Waals surface area contributed by atoms with Crippen LogP contribution in [-0.2, 0) is 6.42 Å². The first kappa shape index (κ1) is 13.1. The van der Waals surface area contributed by atoms with E-state index < -0.39 is 0 Å². The first-order valence-corrected chi connectivity index (χ1v) is 6.36. The second-order valence-corrected chi connectivity index (χ2v) is 4.08. The third-order valence-electron chi connectivity index (χ3n) is 2.61. The van der Waals surface area contributed by atoms with Crippen molar-refractivity contribution >= 4 is 11.8 Å². The minimum absolute atomic E-state index is 0.195. The Hall–Kier alpha value is -2.30. The van der Waals surface area contributed by atoms with Gasteiger partial charge in [-0.25, -0.2) is 0 Å². The number of nitrogens with zero attached hydrogens (tertiary/aromatic N) is 2. The van der Waals surface area contributed by atoms with Gasteiger partial charge in [0.2, 0.25) is 11.8 Å². The van der Waals surface area contributed by atoms with Gasteiger partial charge >= 0.3 is 0 Å². The lowest BCUT2D eigenvalue weighted by molar-refractivity contribution is 0.462. The summed E-state index contributed by atoms with van der Waals surface area (Å²) < 4.78 is 5.72. The van der Waals surface area contributed by atoms with E-state index >= 15 is 0 Å². The fraction of sp³-hybridized carbons (Fsp3) is 0.286. The Morgan fingerprint density at radius 3 is 2.79 bits per heavy atom.